The fraction of sp³-hybridized carbons (Fsp3) is 0.636. The van der Waals surface area contributed by atoms with E-state index in [0.29, 0.717) is 19.4 Å². The normalized spacial score (nSPS) is 11.3. The highest BCUT2D eigenvalue weighted by molar-refractivity contribution is 7.90. The van der Waals surface area contributed by atoms with Crippen molar-refractivity contribution in [2.45, 2.75) is 12.8 Å². The Hall–Kier alpha value is -1.15. The topological polar surface area (TPSA) is 76.6 Å². The van der Waals surface area contributed by atoms with Crippen LogP contribution in [0.25, 0.3) is 0 Å². The molecule has 0 amide bonds. The van der Waals surface area contributed by atoms with E-state index in [2.05, 4.69) is 9.72 Å². The van der Waals surface area contributed by atoms with Crippen molar-refractivity contribution in [2.75, 3.05) is 37.6 Å². The first-order valence-corrected chi connectivity index (χ1v) is 8.66. The molecule has 0 spiro atoms. The molecule has 0 bridgehead atoms. The van der Waals surface area contributed by atoms with Crippen LogP contribution < -0.4 is 4.90 Å². The van der Waals surface area contributed by atoms with Gasteiger partial charge in [0.25, 0.3) is 0 Å². The fourth-order valence-electron chi connectivity index (χ4n) is 1.32. The highest BCUT2D eigenvalue weighted by Crippen LogP contribution is 2.20. The number of hydrogen-bond acceptors (Lipinski definition) is 7. The summed E-state index contributed by atoms with van der Waals surface area (Å²) >= 11 is 1.44. The predicted octanol–water partition coefficient (Wildman–Crippen LogP) is 0.730. The lowest BCUT2D eigenvalue weighted by molar-refractivity contribution is -0.140. The molecule has 8 heteroatoms. The van der Waals surface area contributed by atoms with Crippen LogP contribution in [0.5, 0.6) is 0 Å². The Kier molecular flexibility index (Phi) is 5.74. The number of aryl methyl sites for hydroxylation is 1. The second kappa shape index (κ2) is 6.85. The van der Waals surface area contributed by atoms with E-state index in [1.807, 2.05) is 5.38 Å². The molecule has 0 aromatic carbocycles. The van der Waals surface area contributed by atoms with Crippen molar-refractivity contribution < 1.29 is 17.9 Å². The fourth-order valence-corrected chi connectivity index (χ4v) is 2.78. The van der Waals surface area contributed by atoms with Crippen LogP contribution in [0.3, 0.4) is 0 Å². The Labute approximate surface area is 117 Å². The average Bonchev–Trinajstić information content (AvgIpc) is 2.80. The van der Waals surface area contributed by atoms with Crippen LogP contribution in [0.2, 0.25) is 0 Å². The van der Waals surface area contributed by atoms with Crippen molar-refractivity contribution in [1.82, 2.24) is 4.98 Å². The first-order chi connectivity index (χ1) is 8.81. The lowest BCUT2D eigenvalue weighted by Crippen LogP contribution is -2.24. The number of methoxy groups -OCH3 is 1. The maximum absolute atomic E-state index is 11.1. The van der Waals surface area contributed by atoms with Crippen molar-refractivity contribution >= 4 is 32.3 Å². The van der Waals surface area contributed by atoms with Gasteiger partial charge in [-0.3, -0.25) is 4.79 Å². The zero-order valence-corrected chi connectivity index (χ0v) is 12.9. The number of carbonyl (C=O) groups excluding carboxylic acids is 1. The molecule has 1 aromatic heterocycles. The second-order valence-corrected chi connectivity index (χ2v) is 7.35. The maximum atomic E-state index is 11.1. The van der Waals surface area contributed by atoms with E-state index < -0.39 is 9.84 Å². The van der Waals surface area contributed by atoms with Gasteiger partial charge in [-0.05, 0) is 0 Å². The van der Waals surface area contributed by atoms with E-state index >= 15 is 0 Å². The van der Waals surface area contributed by atoms with E-state index in [4.69, 9.17) is 0 Å². The van der Waals surface area contributed by atoms with Crippen LogP contribution >= 0.6 is 11.3 Å². The van der Waals surface area contributed by atoms with Crippen molar-refractivity contribution in [1.29, 1.82) is 0 Å². The van der Waals surface area contributed by atoms with Crippen molar-refractivity contribution in [3.05, 3.63) is 11.1 Å². The van der Waals surface area contributed by atoms with Gasteiger partial charge in [0, 0.05) is 31.6 Å². The molecule has 108 valence electrons. The van der Waals surface area contributed by atoms with Crippen LogP contribution in [0, 0.1) is 0 Å². The Morgan fingerprint density at radius 3 is 2.79 bits per heavy atom. The number of thiazole rings is 1. The first kappa shape index (κ1) is 15.9. The molecule has 19 heavy (non-hydrogen) atoms. The summed E-state index contributed by atoms with van der Waals surface area (Å²) < 4.78 is 26.7. The van der Waals surface area contributed by atoms with Gasteiger partial charge in [0.1, 0.15) is 9.84 Å². The van der Waals surface area contributed by atoms with Gasteiger partial charge in [-0.25, -0.2) is 13.4 Å². The molecule has 1 heterocycles. The van der Waals surface area contributed by atoms with Gasteiger partial charge in [0.15, 0.2) is 5.13 Å². The summed E-state index contributed by atoms with van der Waals surface area (Å²) in [5, 5.41) is 2.62. The summed E-state index contributed by atoms with van der Waals surface area (Å²) in [7, 11) is 0.183. The summed E-state index contributed by atoms with van der Waals surface area (Å²) in [5.41, 5.74) is 0.816. The molecule has 0 aliphatic carbocycles. The molecule has 0 saturated carbocycles. The molecule has 0 saturated heterocycles. The summed E-state index contributed by atoms with van der Waals surface area (Å²) in [6.45, 7) is 0.406. The largest absolute Gasteiger partial charge is 0.469 e. The highest BCUT2D eigenvalue weighted by atomic mass is 32.2. The molecule has 0 unspecified atom stereocenters. The van der Waals surface area contributed by atoms with Crippen molar-refractivity contribution in [3.8, 4) is 0 Å². The van der Waals surface area contributed by atoms with Crippen LogP contribution in [0.15, 0.2) is 5.38 Å². The molecular formula is C11H18N2O4S2. The van der Waals surface area contributed by atoms with Gasteiger partial charge in [-0.1, -0.05) is 0 Å². The van der Waals surface area contributed by atoms with Crippen molar-refractivity contribution in [2.24, 2.45) is 0 Å². The molecule has 0 N–H and O–H groups in total. The number of carbonyl (C=O) groups is 1. The van der Waals surface area contributed by atoms with E-state index in [9.17, 15) is 13.2 Å². The number of esters is 1. The molecular weight excluding hydrogens is 288 g/mol. The van der Waals surface area contributed by atoms with E-state index in [0.717, 1.165) is 10.8 Å². The minimum Gasteiger partial charge on any atom is -0.469 e. The van der Waals surface area contributed by atoms with E-state index in [1.165, 1.54) is 24.7 Å². The molecule has 1 aromatic rings. The lowest BCUT2D eigenvalue weighted by Gasteiger charge is -2.14. The van der Waals surface area contributed by atoms with Gasteiger partial charge in [0.05, 0.1) is 25.0 Å². The van der Waals surface area contributed by atoms with Crippen LogP contribution in [0.1, 0.15) is 12.1 Å². The smallest absolute Gasteiger partial charge is 0.305 e. The van der Waals surface area contributed by atoms with Crippen LogP contribution in [-0.2, 0) is 25.8 Å². The molecule has 1 rings (SSSR count). The van der Waals surface area contributed by atoms with Crippen molar-refractivity contribution in [3.63, 3.8) is 0 Å². The number of nitrogens with zero attached hydrogens (tertiary/aromatic N) is 2. The lowest BCUT2D eigenvalue weighted by atomic mass is 10.2. The molecule has 0 aliphatic rings. The van der Waals surface area contributed by atoms with Gasteiger partial charge < -0.3 is 9.64 Å². The van der Waals surface area contributed by atoms with Crippen LogP contribution in [-0.4, -0.2) is 52.1 Å². The Bertz CT molecular complexity index is 525. The monoisotopic (exact) mass is 306 g/mol. The zero-order chi connectivity index (χ0) is 14.5. The highest BCUT2D eigenvalue weighted by Gasteiger charge is 2.11. The third-order valence-electron chi connectivity index (χ3n) is 2.48. The van der Waals surface area contributed by atoms with Gasteiger partial charge in [0.2, 0.25) is 0 Å². The second-order valence-electron chi connectivity index (χ2n) is 4.25. The van der Waals surface area contributed by atoms with E-state index in [-0.39, 0.29) is 11.7 Å². The number of ether oxygens (including phenoxy) is 1. The maximum Gasteiger partial charge on any atom is 0.305 e. The summed E-state index contributed by atoms with van der Waals surface area (Å²) in [6.07, 6.45) is 2.04. The third-order valence-corrected chi connectivity index (χ3v) is 4.40. The van der Waals surface area contributed by atoms with Gasteiger partial charge >= 0.3 is 5.97 Å². The quantitative estimate of drug-likeness (QED) is 0.691. The number of rotatable bonds is 7. The number of aromatic nitrogens is 1. The number of sulfone groups is 1. The molecule has 0 aliphatic heterocycles. The minimum absolute atomic E-state index is 0.0978. The minimum atomic E-state index is -2.97. The molecule has 6 nitrogen and oxygen atoms in total. The van der Waals surface area contributed by atoms with Gasteiger partial charge in [-0.15, -0.1) is 11.3 Å². The summed E-state index contributed by atoms with van der Waals surface area (Å²) in [4.78, 5) is 17.2. The summed E-state index contributed by atoms with van der Waals surface area (Å²) in [6, 6.07) is 0. The third kappa shape index (κ3) is 6.02. The molecule has 0 fully saturated rings. The Balaban J connectivity index is 2.51. The number of anilines is 1. The van der Waals surface area contributed by atoms with Gasteiger partial charge in [-0.2, -0.15) is 0 Å². The summed E-state index contributed by atoms with van der Waals surface area (Å²) in [5.74, 6) is -0.166. The standard InChI is InChI=1S/C11H18N2O4S2/c1-13(6-7-19(3,15)16)11-12-9(8-18-11)4-5-10(14)17-2/h8H,4-7H2,1-3H3. The van der Waals surface area contributed by atoms with Crippen LogP contribution in [0.4, 0.5) is 5.13 Å². The van der Waals surface area contributed by atoms with E-state index in [1.54, 1.807) is 11.9 Å². The average molecular weight is 306 g/mol. The molecule has 0 atom stereocenters. The Morgan fingerprint density at radius 1 is 1.53 bits per heavy atom. The Morgan fingerprint density at radius 2 is 2.21 bits per heavy atom. The predicted molar refractivity (Wildman–Crippen MR) is 75.4 cm³/mol. The molecule has 0 radical (unpaired) electrons. The zero-order valence-electron chi connectivity index (χ0n) is 11.2. The first-order valence-electron chi connectivity index (χ1n) is 5.72. The number of hydrogen-bond donors (Lipinski definition) is 0. The SMILES string of the molecule is COC(=O)CCc1csc(N(C)CCS(C)(=O)=O)n1.